The molecule has 1 aliphatic heterocycles. The van der Waals surface area contributed by atoms with E-state index in [1.807, 2.05) is 0 Å². The van der Waals surface area contributed by atoms with E-state index in [1.54, 1.807) is 25.1 Å². The maximum atomic E-state index is 12.2. The Hall–Kier alpha value is -2.96. The third-order valence-corrected chi connectivity index (χ3v) is 3.22. The van der Waals surface area contributed by atoms with Gasteiger partial charge in [0.25, 0.3) is 5.91 Å². The van der Waals surface area contributed by atoms with Crippen LogP contribution in [0, 0.1) is 0 Å². The van der Waals surface area contributed by atoms with E-state index in [0.717, 1.165) is 0 Å². The molecular weight excluding hydrogens is 300 g/mol. The highest BCUT2D eigenvalue weighted by Crippen LogP contribution is 2.32. The van der Waals surface area contributed by atoms with E-state index in [2.05, 4.69) is 10.3 Å². The lowest BCUT2D eigenvalue weighted by Gasteiger charge is -2.19. The van der Waals surface area contributed by atoms with Crippen molar-refractivity contribution in [1.82, 2.24) is 4.98 Å². The van der Waals surface area contributed by atoms with E-state index in [1.165, 1.54) is 12.3 Å². The van der Waals surface area contributed by atoms with Gasteiger partial charge in [-0.15, -0.1) is 0 Å². The summed E-state index contributed by atoms with van der Waals surface area (Å²) in [5, 5.41) is 2.70. The molecule has 2 heterocycles. The standard InChI is InChI=1S/C16H16N2O5/c1-2-21-15-9-17-11(8-12(15)19)16(20)18-10-3-4-13-14(7-10)23-6-5-22-13/h3-4,7-9H,2,5-6H2,1H3,(H,17,19)(H,18,20). The van der Waals surface area contributed by atoms with E-state index in [-0.39, 0.29) is 16.9 Å². The zero-order valence-corrected chi connectivity index (χ0v) is 12.5. The lowest BCUT2D eigenvalue weighted by molar-refractivity contribution is 0.102. The summed E-state index contributed by atoms with van der Waals surface area (Å²) >= 11 is 0. The molecule has 120 valence electrons. The molecule has 1 amide bonds. The number of H-pyrrole nitrogens is 1. The molecule has 0 fully saturated rings. The van der Waals surface area contributed by atoms with E-state index in [0.29, 0.717) is 37.0 Å². The van der Waals surface area contributed by atoms with Gasteiger partial charge in [-0.3, -0.25) is 9.59 Å². The summed E-state index contributed by atoms with van der Waals surface area (Å²) < 4.78 is 16.0. The van der Waals surface area contributed by atoms with Crippen molar-refractivity contribution >= 4 is 11.6 Å². The van der Waals surface area contributed by atoms with Crippen LogP contribution in [-0.2, 0) is 0 Å². The Balaban J connectivity index is 1.76. The number of aromatic nitrogens is 1. The van der Waals surface area contributed by atoms with E-state index in [4.69, 9.17) is 14.2 Å². The Morgan fingerprint density at radius 1 is 1.26 bits per heavy atom. The van der Waals surface area contributed by atoms with Gasteiger partial charge >= 0.3 is 0 Å². The molecule has 0 spiro atoms. The number of hydrogen-bond acceptors (Lipinski definition) is 5. The average Bonchev–Trinajstić information content (AvgIpc) is 2.56. The van der Waals surface area contributed by atoms with Crippen LogP contribution < -0.4 is 25.0 Å². The highest BCUT2D eigenvalue weighted by molar-refractivity contribution is 6.03. The van der Waals surface area contributed by atoms with Gasteiger partial charge in [0, 0.05) is 24.0 Å². The van der Waals surface area contributed by atoms with Crippen molar-refractivity contribution in [3.63, 3.8) is 0 Å². The molecule has 7 nitrogen and oxygen atoms in total. The Morgan fingerprint density at radius 3 is 2.78 bits per heavy atom. The minimum absolute atomic E-state index is 0.147. The molecule has 0 saturated heterocycles. The molecule has 0 unspecified atom stereocenters. The average molecular weight is 316 g/mol. The minimum atomic E-state index is -0.429. The van der Waals surface area contributed by atoms with E-state index < -0.39 is 5.91 Å². The van der Waals surface area contributed by atoms with Crippen LogP contribution in [-0.4, -0.2) is 30.7 Å². The van der Waals surface area contributed by atoms with Gasteiger partial charge in [-0.05, 0) is 19.1 Å². The van der Waals surface area contributed by atoms with Gasteiger partial charge < -0.3 is 24.5 Å². The molecule has 1 aliphatic rings. The zero-order chi connectivity index (χ0) is 16.2. The Labute approximate surface area is 132 Å². The number of benzene rings is 1. The first-order chi connectivity index (χ1) is 11.2. The molecule has 0 atom stereocenters. The molecule has 0 radical (unpaired) electrons. The fourth-order valence-electron chi connectivity index (χ4n) is 2.18. The van der Waals surface area contributed by atoms with Gasteiger partial charge in [0.05, 0.1) is 6.61 Å². The fraction of sp³-hybridized carbons (Fsp3) is 0.250. The summed E-state index contributed by atoms with van der Waals surface area (Å²) in [6, 6.07) is 6.32. The number of carbonyl (C=O) groups excluding carboxylic acids is 1. The molecule has 1 aromatic carbocycles. The molecule has 0 bridgehead atoms. The maximum absolute atomic E-state index is 12.2. The smallest absolute Gasteiger partial charge is 0.272 e. The monoisotopic (exact) mass is 316 g/mol. The van der Waals surface area contributed by atoms with Crippen LogP contribution in [0.15, 0.2) is 35.3 Å². The molecule has 7 heteroatoms. The van der Waals surface area contributed by atoms with Crippen LogP contribution in [0.5, 0.6) is 17.2 Å². The molecule has 3 rings (SSSR count). The molecule has 1 aromatic heterocycles. The summed E-state index contributed by atoms with van der Waals surface area (Å²) in [6.07, 6.45) is 1.38. The first kappa shape index (κ1) is 15.0. The van der Waals surface area contributed by atoms with Crippen LogP contribution in [0.1, 0.15) is 17.4 Å². The van der Waals surface area contributed by atoms with Crippen molar-refractivity contribution in [2.24, 2.45) is 0 Å². The van der Waals surface area contributed by atoms with Gasteiger partial charge in [-0.1, -0.05) is 0 Å². The molecular formula is C16H16N2O5. The summed E-state index contributed by atoms with van der Waals surface area (Å²) in [5.74, 6) is 0.975. The van der Waals surface area contributed by atoms with Crippen LogP contribution in [0.25, 0.3) is 0 Å². The molecule has 23 heavy (non-hydrogen) atoms. The minimum Gasteiger partial charge on any atom is -0.488 e. The number of rotatable bonds is 4. The second-order valence-corrected chi connectivity index (χ2v) is 4.82. The van der Waals surface area contributed by atoms with Crippen molar-refractivity contribution in [1.29, 1.82) is 0 Å². The van der Waals surface area contributed by atoms with Crippen molar-refractivity contribution in [3.05, 3.63) is 46.4 Å². The number of pyridine rings is 1. The summed E-state index contributed by atoms with van der Waals surface area (Å²) in [5.41, 5.74) is 0.347. The third kappa shape index (κ3) is 3.28. The van der Waals surface area contributed by atoms with Gasteiger partial charge in [-0.25, -0.2) is 0 Å². The Bertz CT molecular complexity index is 784. The van der Waals surface area contributed by atoms with Crippen LogP contribution in [0.4, 0.5) is 5.69 Å². The normalized spacial score (nSPS) is 12.6. The van der Waals surface area contributed by atoms with Crippen LogP contribution in [0.2, 0.25) is 0 Å². The molecule has 2 aromatic rings. The second-order valence-electron chi connectivity index (χ2n) is 4.82. The number of hydrogen-bond donors (Lipinski definition) is 2. The quantitative estimate of drug-likeness (QED) is 0.897. The molecule has 0 saturated carbocycles. The van der Waals surface area contributed by atoms with E-state index in [9.17, 15) is 9.59 Å². The largest absolute Gasteiger partial charge is 0.488 e. The summed E-state index contributed by atoms with van der Waals surface area (Å²) in [6.45, 7) is 3.14. The number of ether oxygens (including phenoxy) is 3. The van der Waals surface area contributed by atoms with Crippen LogP contribution in [0.3, 0.4) is 0 Å². The molecule has 2 N–H and O–H groups in total. The topological polar surface area (TPSA) is 89.7 Å². The highest BCUT2D eigenvalue weighted by Gasteiger charge is 2.14. The van der Waals surface area contributed by atoms with Crippen molar-refractivity contribution < 1.29 is 19.0 Å². The SMILES string of the molecule is CCOc1c[nH]c(C(=O)Nc2ccc3c(c2)OCCO3)cc1=O. The Morgan fingerprint density at radius 2 is 2.04 bits per heavy atom. The predicted molar refractivity (Wildman–Crippen MR) is 83.6 cm³/mol. The fourth-order valence-corrected chi connectivity index (χ4v) is 2.18. The van der Waals surface area contributed by atoms with E-state index >= 15 is 0 Å². The van der Waals surface area contributed by atoms with Gasteiger partial charge in [0.1, 0.15) is 18.9 Å². The van der Waals surface area contributed by atoms with Crippen molar-refractivity contribution in [2.45, 2.75) is 6.92 Å². The number of nitrogens with one attached hydrogen (secondary N) is 2. The van der Waals surface area contributed by atoms with Gasteiger partial charge in [-0.2, -0.15) is 0 Å². The zero-order valence-electron chi connectivity index (χ0n) is 12.5. The Kier molecular flexibility index (Phi) is 4.18. The van der Waals surface area contributed by atoms with Crippen molar-refractivity contribution in [3.8, 4) is 17.2 Å². The number of anilines is 1. The second kappa shape index (κ2) is 6.43. The predicted octanol–water partition coefficient (Wildman–Crippen LogP) is 1.80. The first-order valence-electron chi connectivity index (χ1n) is 7.24. The third-order valence-electron chi connectivity index (χ3n) is 3.22. The summed E-state index contributed by atoms with van der Waals surface area (Å²) in [7, 11) is 0. The highest BCUT2D eigenvalue weighted by atomic mass is 16.6. The first-order valence-corrected chi connectivity index (χ1v) is 7.24. The summed E-state index contributed by atoms with van der Waals surface area (Å²) in [4.78, 5) is 26.8. The van der Waals surface area contributed by atoms with Crippen LogP contribution >= 0.6 is 0 Å². The maximum Gasteiger partial charge on any atom is 0.272 e. The lowest BCUT2D eigenvalue weighted by atomic mass is 10.2. The number of carbonyl (C=O) groups is 1. The lowest BCUT2D eigenvalue weighted by Crippen LogP contribution is -2.18. The number of aromatic amines is 1. The number of amides is 1. The van der Waals surface area contributed by atoms with Gasteiger partial charge in [0.2, 0.25) is 5.43 Å². The molecule has 0 aliphatic carbocycles. The van der Waals surface area contributed by atoms with Gasteiger partial charge in [0.15, 0.2) is 17.2 Å². The number of fused-ring (bicyclic) bond motifs is 1. The van der Waals surface area contributed by atoms with Crippen molar-refractivity contribution in [2.75, 3.05) is 25.1 Å².